The summed E-state index contributed by atoms with van der Waals surface area (Å²) in [5.74, 6) is 2.25. The van der Waals surface area contributed by atoms with Gasteiger partial charge in [-0.1, -0.05) is 29.4 Å². The zero-order chi connectivity index (χ0) is 20.1. The van der Waals surface area contributed by atoms with Crippen LogP contribution in [0.2, 0.25) is 5.02 Å². The van der Waals surface area contributed by atoms with Crippen LogP contribution in [0, 0.1) is 0 Å². The van der Waals surface area contributed by atoms with Gasteiger partial charge in [0.15, 0.2) is 5.16 Å². The van der Waals surface area contributed by atoms with E-state index in [0.29, 0.717) is 17.4 Å². The van der Waals surface area contributed by atoms with E-state index in [9.17, 15) is 0 Å². The third-order valence-electron chi connectivity index (χ3n) is 3.97. The molecule has 148 valence electrons. The summed E-state index contributed by atoms with van der Waals surface area (Å²) in [6, 6.07) is 15.1. The quantitative estimate of drug-likeness (QED) is 0.345. The smallest absolute Gasteiger partial charge is 0.195 e. The number of thiazole rings is 1. The van der Waals surface area contributed by atoms with E-state index in [4.69, 9.17) is 21.1 Å². The van der Waals surface area contributed by atoms with Gasteiger partial charge in [0.2, 0.25) is 0 Å². The van der Waals surface area contributed by atoms with Gasteiger partial charge in [0.25, 0.3) is 0 Å². The summed E-state index contributed by atoms with van der Waals surface area (Å²) in [6.45, 7) is 0.428. The number of benzene rings is 2. The molecule has 0 aliphatic carbocycles. The minimum absolute atomic E-state index is 0.428. The molecule has 0 aliphatic heterocycles. The van der Waals surface area contributed by atoms with Gasteiger partial charge in [-0.15, -0.1) is 21.5 Å². The average molecular weight is 445 g/mol. The van der Waals surface area contributed by atoms with Gasteiger partial charge in [0.05, 0.1) is 18.5 Å². The first kappa shape index (κ1) is 19.8. The number of rotatable bonds is 8. The molecule has 0 saturated carbocycles. The SMILES string of the molecule is COc1cccc(-n2cnnc2SCc2csc(COc3ccc(Cl)cc3)n2)c1. The highest BCUT2D eigenvalue weighted by molar-refractivity contribution is 7.98. The Morgan fingerprint density at radius 2 is 2.00 bits per heavy atom. The van der Waals surface area contributed by atoms with E-state index < -0.39 is 0 Å². The standard InChI is InChI=1S/C20H17ClN4O2S2/c1-26-18-4-2-3-16(9-18)25-13-22-24-20(25)29-12-15-11-28-19(23-15)10-27-17-7-5-14(21)6-8-17/h2-9,11,13H,10,12H2,1H3. The van der Waals surface area contributed by atoms with E-state index in [1.54, 1.807) is 48.7 Å². The zero-order valence-electron chi connectivity index (χ0n) is 15.5. The Balaban J connectivity index is 1.37. The van der Waals surface area contributed by atoms with Crippen molar-refractivity contribution in [1.82, 2.24) is 19.7 Å². The van der Waals surface area contributed by atoms with E-state index in [0.717, 1.165) is 33.0 Å². The van der Waals surface area contributed by atoms with Crippen LogP contribution in [0.1, 0.15) is 10.7 Å². The highest BCUT2D eigenvalue weighted by Gasteiger charge is 2.10. The third-order valence-corrected chi connectivity index (χ3v) is 6.07. The fourth-order valence-corrected chi connectivity index (χ4v) is 4.31. The second-order valence-electron chi connectivity index (χ2n) is 5.95. The maximum Gasteiger partial charge on any atom is 0.195 e. The molecular formula is C20H17ClN4O2S2. The molecule has 2 aromatic carbocycles. The fraction of sp³-hybridized carbons (Fsp3) is 0.150. The van der Waals surface area contributed by atoms with Crippen LogP contribution in [0.15, 0.2) is 65.4 Å². The molecule has 0 fully saturated rings. The topological polar surface area (TPSA) is 62.1 Å². The van der Waals surface area contributed by atoms with Crippen molar-refractivity contribution in [3.63, 3.8) is 0 Å². The normalized spacial score (nSPS) is 10.8. The molecule has 0 atom stereocenters. The Morgan fingerprint density at radius 3 is 2.83 bits per heavy atom. The first-order valence-electron chi connectivity index (χ1n) is 8.70. The third kappa shape index (κ3) is 5.09. The fourth-order valence-electron chi connectivity index (χ4n) is 2.56. The minimum Gasteiger partial charge on any atom is -0.497 e. The van der Waals surface area contributed by atoms with Crippen LogP contribution in [-0.2, 0) is 12.4 Å². The number of hydrogen-bond donors (Lipinski definition) is 0. The second kappa shape index (κ2) is 9.30. The molecule has 0 bridgehead atoms. The van der Waals surface area contributed by atoms with Gasteiger partial charge in [-0.25, -0.2) is 4.98 Å². The lowest BCUT2D eigenvalue weighted by Gasteiger charge is -2.07. The Labute approximate surface area is 181 Å². The van der Waals surface area contributed by atoms with E-state index >= 15 is 0 Å². The first-order chi connectivity index (χ1) is 14.2. The summed E-state index contributed by atoms with van der Waals surface area (Å²) < 4.78 is 13.0. The molecule has 0 amide bonds. The maximum atomic E-state index is 5.89. The molecule has 0 aliphatic rings. The van der Waals surface area contributed by atoms with Crippen molar-refractivity contribution in [2.75, 3.05) is 7.11 Å². The number of hydrogen-bond acceptors (Lipinski definition) is 7. The largest absolute Gasteiger partial charge is 0.497 e. The molecule has 0 N–H and O–H groups in total. The molecule has 29 heavy (non-hydrogen) atoms. The van der Waals surface area contributed by atoms with Crippen LogP contribution in [0.25, 0.3) is 5.69 Å². The highest BCUT2D eigenvalue weighted by Crippen LogP contribution is 2.26. The summed E-state index contributed by atoms with van der Waals surface area (Å²) in [7, 11) is 1.65. The van der Waals surface area contributed by atoms with Crippen LogP contribution in [-0.4, -0.2) is 26.9 Å². The molecular weight excluding hydrogens is 428 g/mol. The van der Waals surface area contributed by atoms with E-state index in [1.165, 1.54) is 0 Å². The molecule has 2 heterocycles. The van der Waals surface area contributed by atoms with Crippen LogP contribution in [0.3, 0.4) is 0 Å². The molecule has 2 aromatic heterocycles. The predicted molar refractivity (Wildman–Crippen MR) is 115 cm³/mol. The number of aromatic nitrogens is 4. The molecule has 9 heteroatoms. The van der Waals surface area contributed by atoms with Gasteiger partial charge >= 0.3 is 0 Å². The number of thioether (sulfide) groups is 1. The molecule has 0 saturated heterocycles. The summed E-state index contributed by atoms with van der Waals surface area (Å²) >= 11 is 9.05. The van der Waals surface area contributed by atoms with Crippen LogP contribution < -0.4 is 9.47 Å². The summed E-state index contributed by atoms with van der Waals surface area (Å²) in [5, 5.41) is 12.7. The van der Waals surface area contributed by atoms with Crippen molar-refractivity contribution in [1.29, 1.82) is 0 Å². The van der Waals surface area contributed by atoms with Gasteiger partial charge in [0.1, 0.15) is 29.4 Å². The van der Waals surface area contributed by atoms with Crippen molar-refractivity contribution >= 4 is 34.7 Å². The lowest BCUT2D eigenvalue weighted by atomic mass is 10.3. The monoisotopic (exact) mass is 444 g/mol. The molecule has 0 radical (unpaired) electrons. The first-order valence-corrected chi connectivity index (χ1v) is 10.9. The van der Waals surface area contributed by atoms with Crippen LogP contribution in [0.4, 0.5) is 0 Å². The number of nitrogens with zero attached hydrogens (tertiary/aromatic N) is 4. The van der Waals surface area contributed by atoms with E-state index in [2.05, 4.69) is 15.2 Å². The summed E-state index contributed by atoms with van der Waals surface area (Å²) in [5.41, 5.74) is 1.93. The lowest BCUT2D eigenvalue weighted by molar-refractivity contribution is 0.305. The number of methoxy groups -OCH3 is 1. The van der Waals surface area contributed by atoms with Crippen molar-refractivity contribution < 1.29 is 9.47 Å². The van der Waals surface area contributed by atoms with Gasteiger partial charge < -0.3 is 9.47 Å². The van der Waals surface area contributed by atoms with Crippen molar-refractivity contribution in [3.8, 4) is 17.2 Å². The lowest BCUT2D eigenvalue weighted by Crippen LogP contribution is -1.97. The molecule has 4 rings (SSSR count). The van der Waals surface area contributed by atoms with Crippen LogP contribution >= 0.6 is 34.7 Å². The highest BCUT2D eigenvalue weighted by atomic mass is 35.5. The zero-order valence-corrected chi connectivity index (χ0v) is 17.9. The maximum absolute atomic E-state index is 5.89. The summed E-state index contributed by atoms with van der Waals surface area (Å²) in [4.78, 5) is 4.64. The Kier molecular flexibility index (Phi) is 6.33. The number of ether oxygens (including phenoxy) is 2. The predicted octanol–water partition coefficient (Wildman–Crippen LogP) is 5.26. The van der Waals surface area contributed by atoms with Gasteiger partial charge in [-0.05, 0) is 36.4 Å². The van der Waals surface area contributed by atoms with Crippen molar-refractivity contribution in [2.24, 2.45) is 0 Å². The molecule has 4 aromatic rings. The van der Waals surface area contributed by atoms with Crippen LogP contribution in [0.5, 0.6) is 11.5 Å². The van der Waals surface area contributed by atoms with E-state index in [1.807, 2.05) is 46.3 Å². The minimum atomic E-state index is 0.428. The molecule has 0 spiro atoms. The van der Waals surface area contributed by atoms with Gasteiger partial charge in [-0.2, -0.15) is 0 Å². The average Bonchev–Trinajstić information content (AvgIpc) is 3.41. The van der Waals surface area contributed by atoms with Gasteiger partial charge in [-0.3, -0.25) is 4.57 Å². The van der Waals surface area contributed by atoms with Gasteiger partial charge in [0, 0.05) is 22.2 Å². The Morgan fingerprint density at radius 1 is 1.14 bits per heavy atom. The molecule has 0 unspecified atom stereocenters. The molecule has 6 nitrogen and oxygen atoms in total. The number of halogens is 1. The Hall–Kier alpha value is -2.55. The van der Waals surface area contributed by atoms with Crippen molar-refractivity contribution in [3.05, 3.63) is 76.0 Å². The van der Waals surface area contributed by atoms with E-state index in [-0.39, 0.29) is 0 Å². The second-order valence-corrected chi connectivity index (χ2v) is 8.27. The van der Waals surface area contributed by atoms with Crippen molar-refractivity contribution in [2.45, 2.75) is 17.5 Å². The Bertz CT molecular complexity index is 1080. The summed E-state index contributed by atoms with van der Waals surface area (Å²) in [6.07, 6.45) is 1.70.